The third-order valence-corrected chi connectivity index (χ3v) is 5.71. The molecule has 0 amide bonds. The van der Waals surface area contributed by atoms with Crippen molar-refractivity contribution in [3.8, 4) is 5.75 Å². The van der Waals surface area contributed by atoms with Crippen LogP contribution in [0.3, 0.4) is 0 Å². The fourth-order valence-electron chi connectivity index (χ4n) is 4.39. The average molecular weight is 325 g/mol. The van der Waals surface area contributed by atoms with Crippen molar-refractivity contribution in [3.05, 3.63) is 48.5 Å². The smallest absolute Gasteiger partial charge is 0.123 e. The van der Waals surface area contributed by atoms with Crippen molar-refractivity contribution in [2.24, 2.45) is 5.41 Å². The molecule has 24 heavy (non-hydrogen) atoms. The molecule has 2 fully saturated rings. The molecule has 4 nitrogen and oxygen atoms in total. The number of imidazole rings is 1. The molecule has 1 aliphatic carbocycles. The van der Waals surface area contributed by atoms with E-state index in [1.807, 2.05) is 17.1 Å². The molecule has 1 aromatic heterocycles. The number of hydrogen-bond acceptors (Lipinski definition) is 3. The van der Waals surface area contributed by atoms with Gasteiger partial charge in [0.25, 0.3) is 0 Å². The first kappa shape index (κ1) is 15.7. The van der Waals surface area contributed by atoms with Gasteiger partial charge in [-0.2, -0.15) is 0 Å². The van der Waals surface area contributed by atoms with Crippen LogP contribution in [0.1, 0.15) is 37.7 Å². The van der Waals surface area contributed by atoms with Gasteiger partial charge in [0.05, 0.1) is 12.9 Å². The molecule has 2 aromatic rings. The van der Waals surface area contributed by atoms with Crippen LogP contribution in [0.25, 0.3) is 0 Å². The van der Waals surface area contributed by atoms with Crippen LogP contribution in [-0.2, 0) is 13.1 Å². The summed E-state index contributed by atoms with van der Waals surface area (Å²) in [6.07, 6.45) is 12.7. The lowest BCUT2D eigenvalue weighted by Gasteiger charge is -2.24. The molecule has 1 aliphatic heterocycles. The fraction of sp³-hybridized carbons (Fsp3) is 0.550. The van der Waals surface area contributed by atoms with Crippen LogP contribution in [0.15, 0.2) is 43.0 Å². The highest BCUT2D eigenvalue weighted by atomic mass is 16.5. The van der Waals surface area contributed by atoms with Crippen molar-refractivity contribution in [1.82, 2.24) is 14.5 Å². The van der Waals surface area contributed by atoms with Crippen LogP contribution in [-0.4, -0.2) is 34.1 Å². The summed E-state index contributed by atoms with van der Waals surface area (Å²) in [6.45, 7) is 5.04. The molecule has 4 rings (SSSR count). The van der Waals surface area contributed by atoms with Crippen LogP contribution in [0.2, 0.25) is 0 Å². The van der Waals surface area contributed by atoms with Gasteiger partial charge in [0, 0.05) is 31.0 Å². The summed E-state index contributed by atoms with van der Waals surface area (Å²) < 4.78 is 8.11. The zero-order valence-corrected chi connectivity index (χ0v) is 14.4. The first-order valence-corrected chi connectivity index (χ1v) is 9.22. The zero-order chi connectivity index (χ0) is 16.2. The summed E-state index contributed by atoms with van der Waals surface area (Å²) in [4.78, 5) is 6.70. The second-order valence-corrected chi connectivity index (χ2v) is 7.42. The molecular weight excluding hydrogens is 298 g/mol. The highest BCUT2D eigenvalue weighted by Crippen LogP contribution is 2.45. The van der Waals surface area contributed by atoms with Gasteiger partial charge in [-0.05, 0) is 37.3 Å². The summed E-state index contributed by atoms with van der Waals surface area (Å²) in [5, 5.41) is 0. The molecule has 1 saturated heterocycles. The molecule has 2 heterocycles. The summed E-state index contributed by atoms with van der Waals surface area (Å²) in [6, 6.07) is 8.51. The summed E-state index contributed by atoms with van der Waals surface area (Å²) in [5.41, 5.74) is 1.95. The van der Waals surface area contributed by atoms with Gasteiger partial charge in [0.15, 0.2) is 0 Å². The molecule has 1 spiro atoms. The summed E-state index contributed by atoms with van der Waals surface area (Å²) >= 11 is 0. The quantitative estimate of drug-likeness (QED) is 0.811. The predicted molar refractivity (Wildman–Crippen MR) is 95.0 cm³/mol. The largest absolute Gasteiger partial charge is 0.491 e. The minimum absolute atomic E-state index is 0.636. The fourth-order valence-corrected chi connectivity index (χ4v) is 4.39. The Labute approximate surface area is 144 Å². The van der Waals surface area contributed by atoms with Gasteiger partial charge < -0.3 is 9.30 Å². The Morgan fingerprint density at radius 3 is 2.83 bits per heavy atom. The van der Waals surface area contributed by atoms with Crippen LogP contribution < -0.4 is 4.74 Å². The Morgan fingerprint density at radius 2 is 2.00 bits per heavy atom. The molecule has 0 unspecified atom stereocenters. The monoisotopic (exact) mass is 325 g/mol. The summed E-state index contributed by atoms with van der Waals surface area (Å²) in [7, 11) is 0. The normalized spacial score (nSPS) is 20.0. The van der Waals surface area contributed by atoms with Gasteiger partial charge in [-0.25, -0.2) is 4.98 Å². The van der Waals surface area contributed by atoms with Crippen molar-refractivity contribution in [3.63, 3.8) is 0 Å². The highest BCUT2D eigenvalue weighted by Gasteiger charge is 2.39. The van der Waals surface area contributed by atoms with E-state index < -0.39 is 0 Å². The second kappa shape index (κ2) is 6.98. The number of nitrogens with zero attached hydrogens (tertiary/aromatic N) is 3. The Hall–Kier alpha value is -1.81. The lowest BCUT2D eigenvalue weighted by Crippen LogP contribution is -2.25. The number of ether oxygens (including phenoxy) is 1. The number of benzene rings is 1. The van der Waals surface area contributed by atoms with E-state index in [1.165, 1.54) is 50.8 Å². The number of para-hydroxylation sites is 1. The molecular formula is C20H27N3O. The van der Waals surface area contributed by atoms with Crippen molar-refractivity contribution in [2.45, 2.75) is 45.2 Å². The number of aromatic nitrogens is 2. The predicted octanol–water partition coefficient (Wildman–Crippen LogP) is 3.73. The second-order valence-electron chi connectivity index (χ2n) is 7.42. The molecule has 2 aliphatic rings. The summed E-state index contributed by atoms with van der Waals surface area (Å²) in [5.74, 6) is 1.03. The van der Waals surface area contributed by atoms with Crippen LogP contribution in [0, 0.1) is 5.41 Å². The topological polar surface area (TPSA) is 30.3 Å². The van der Waals surface area contributed by atoms with Gasteiger partial charge in [-0.3, -0.25) is 4.90 Å². The van der Waals surface area contributed by atoms with E-state index in [0.29, 0.717) is 12.0 Å². The lowest BCUT2D eigenvalue weighted by molar-refractivity contribution is 0.248. The van der Waals surface area contributed by atoms with Gasteiger partial charge in [0.2, 0.25) is 0 Å². The molecule has 0 N–H and O–H groups in total. The third-order valence-electron chi connectivity index (χ3n) is 5.71. The highest BCUT2D eigenvalue weighted by molar-refractivity contribution is 5.33. The van der Waals surface area contributed by atoms with Crippen LogP contribution in [0.4, 0.5) is 0 Å². The SMILES string of the molecule is c1ccc(OCCn2ccnc2)c(CN2CCC3(CCCC3)C2)c1. The molecule has 4 heteroatoms. The van der Waals surface area contributed by atoms with Gasteiger partial charge in [-0.1, -0.05) is 31.0 Å². The van der Waals surface area contributed by atoms with E-state index in [2.05, 4.69) is 34.1 Å². The first-order valence-electron chi connectivity index (χ1n) is 9.22. The standard InChI is InChI=1S/C20H27N3O/c1-2-6-19(24-14-13-22-12-10-21-17-22)18(5-1)15-23-11-9-20(16-23)7-3-4-8-20/h1-2,5-6,10,12,17H,3-4,7-9,11,13-16H2. The van der Waals surface area contributed by atoms with E-state index in [1.54, 1.807) is 6.20 Å². The number of hydrogen-bond donors (Lipinski definition) is 0. The maximum Gasteiger partial charge on any atom is 0.123 e. The minimum Gasteiger partial charge on any atom is -0.491 e. The Balaban J connectivity index is 1.35. The maximum absolute atomic E-state index is 6.06. The van der Waals surface area contributed by atoms with Gasteiger partial charge >= 0.3 is 0 Å². The maximum atomic E-state index is 6.06. The number of rotatable bonds is 6. The minimum atomic E-state index is 0.636. The molecule has 1 aromatic carbocycles. The van der Waals surface area contributed by atoms with E-state index in [0.717, 1.165) is 18.8 Å². The average Bonchev–Trinajstić information content (AvgIpc) is 3.34. The van der Waals surface area contributed by atoms with Crippen molar-refractivity contribution in [2.75, 3.05) is 19.7 Å². The van der Waals surface area contributed by atoms with Gasteiger partial charge in [0.1, 0.15) is 12.4 Å². The van der Waals surface area contributed by atoms with Crippen LogP contribution in [0.5, 0.6) is 5.75 Å². The van der Waals surface area contributed by atoms with Crippen molar-refractivity contribution < 1.29 is 4.74 Å². The molecule has 0 atom stereocenters. The zero-order valence-electron chi connectivity index (χ0n) is 14.4. The van der Waals surface area contributed by atoms with Crippen LogP contribution >= 0.6 is 0 Å². The lowest BCUT2D eigenvalue weighted by atomic mass is 9.86. The number of likely N-dealkylation sites (tertiary alicyclic amines) is 1. The molecule has 1 saturated carbocycles. The van der Waals surface area contributed by atoms with E-state index >= 15 is 0 Å². The Kier molecular flexibility index (Phi) is 4.56. The molecule has 0 bridgehead atoms. The van der Waals surface area contributed by atoms with Crippen molar-refractivity contribution in [1.29, 1.82) is 0 Å². The third kappa shape index (κ3) is 3.48. The Bertz CT molecular complexity index is 647. The molecule has 128 valence electrons. The molecule has 0 radical (unpaired) electrons. The van der Waals surface area contributed by atoms with Gasteiger partial charge in [-0.15, -0.1) is 0 Å². The van der Waals surface area contributed by atoms with E-state index in [9.17, 15) is 0 Å². The van der Waals surface area contributed by atoms with Crippen molar-refractivity contribution >= 4 is 0 Å². The Morgan fingerprint density at radius 1 is 1.12 bits per heavy atom. The van der Waals surface area contributed by atoms with E-state index in [4.69, 9.17) is 4.74 Å². The van der Waals surface area contributed by atoms with E-state index in [-0.39, 0.29) is 0 Å². The first-order chi connectivity index (χ1) is 11.8.